The highest BCUT2D eigenvalue weighted by Gasteiger charge is 2.01. The van der Waals surface area contributed by atoms with Crippen LogP contribution in [-0.2, 0) is 0 Å². The Morgan fingerprint density at radius 3 is 2.86 bits per heavy atom. The summed E-state index contributed by atoms with van der Waals surface area (Å²) in [7, 11) is 0. The molecule has 0 saturated heterocycles. The SMILES string of the molecule is CCOc1cc(C)c2ccccc2n1. The summed E-state index contributed by atoms with van der Waals surface area (Å²) >= 11 is 0. The fraction of sp³-hybridized carbons (Fsp3) is 0.250. The van der Waals surface area contributed by atoms with Crippen LogP contribution in [0.5, 0.6) is 5.88 Å². The minimum atomic E-state index is 0.658. The highest BCUT2D eigenvalue weighted by molar-refractivity contribution is 5.82. The van der Waals surface area contributed by atoms with Gasteiger partial charge in [0, 0.05) is 11.5 Å². The zero-order chi connectivity index (χ0) is 9.97. The Labute approximate surface area is 83.5 Å². The first kappa shape index (κ1) is 9.00. The lowest BCUT2D eigenvalue weighted by Crippen LogP contribution is -1.95. The summed E-state index contributed by atoms with van der Waals surface area (Å²) in [5.74, 6) is 0.712. The van der Waals surface area contributed by atoms with E-state index in [1.807, 2.05) is 31.2 Å². The van der Waals surface area contributed by atoms with Crippen LogP contribution in [0.15, 0.2) is 30.3 Å². The second-order valence-electron chi connectivity index (χ2n) is 3.23. The minimum absolute atomic E-state index is 0.658. The van der Waals surface area contributed by atoms with Crippen molar-refractivity contribution in [2.45, 2.75) is 13.8 Å². The first-order chi connectivity index (χ1) is 6.81. The summed E-state index contributed by atoms with van der Waals surface area (Å²) in [6.07, 6.45) is 0. The molecule has 1 aromatic heterocycles. The minimum Gasteiger partial charge on any atom is -0.478 e. The Balaban J connectivity index is 2.60. The number of hydrogen-bond donors (Lipinski definition) is 0. The van der Waals surface area contributed by atoms with E-state index in [4.69, 9.17) is 4.74 Å². The van der Waals surface area contributed by atoms with Crippen molar-refractivity contribution in [2.24, 2.45) is 0 Å². The molecule has 0 aliphatic rings. The number of benzene rings is 1. The van der Waals surface area contributed by atoms with E-state index in [1.54, 1.807) is 0 Å². The lowest BCUT2D eigenvalue weighted by molar-refractivity contribution is 0.328. The molecular formula is C12H13NO. The number of aromatic nitrogens is 1. The van der Waals surface area contributed by atoms with Crippen LogP contribution in [0, 0.1) is 6.92 Å². The number of fused-ring (bicyclic) bond motifs is 1. The summed E-state index contributed by atoms with van der Waals surface area (Å²) in [5, 5.41) is 1.19. The zero-order valence-electron chi connectivity index (χ0n) is 8.45. The third-order valence-electron chi connectivity index (χ3n) is 2.19. The molecule has 1 heterocycles. The number of ether oxygens (including phenoxy) is 1. The molecule has 0 N–H and O–H groups in total. The Kier molecular flexibility index (Phi) is 2.35. The fourth-order valence-corrected chi connectivity index (χ4v) is 1.54. The molecule has 0 aliphatic carbocycles. The molecule has 0 unspecified atom stereocenters. The Morgan fingerprint density at radius 1 is 1.29 bits per heavy atom. The molecule has 2 nitrogen and oxygen atoms in total. The van der Waals surface area contributed by atoms with Crippen molar-refractivity contribution in [3.63, 3.8) is 0 Å². The van der Waals surface area contributed by atoms with Crippen LogP contribution in [0.2, 0.25) is 0 Å². The molecule has 0 fully saturated rings. The third-order valence-corrected chi connectivity index (χ3v) is 2.19. The van der Waals surface area contributed by atoms with Gasteiger partial charge in [-0.25, -0.2) is 4.98 Å². The third kappa shape index (κ3) is 1.55. The van der Waals surface area contributed by atoms with Crippen LogP contribution in [0.25, 0.3) is 10.9 Å². The largest absolute Gasteiger partial charge is 0.478 e. The maximum absolute atomic E-state index is 5.38. The van der Waals surface area contributed by atoms with Gasteiger partial charge in [0.2, 0.25) is 5.88 Å². The summed E-state index contributed by atoms with van der Waals surface area (Å²) in [4.78, 5) is 4.40. The van der Waals surface area contributed by atoms with Crippen LogP contribution >= 0.6 is 0 Å². The van der Waals surface area contributed by atoms with Crippen molar-refractivity contribution >= 4 is 10.9 Å². The molecule has 0 aliphatic heterocycles. The van der Waals surface area contributed by atoms with Crippen LogP contribution < -0.4 is 4.74 Å². The number of aryl methyl sites for hydroxylation is 1. The standard InChI is InChI=1S/C12H13NO/c1-3-14-12-8-9(2)10-6-4-5-7-11(10)13-12/h4-8H,3H2,1-2H3. The number of rotatable bonds is 2. The van der Waals surface area contributed by atoms with E-state index in [1.165, 1.54) is 10.9 Å². The first-order valence-corrected chi connectivity index (χ1v) is 4.80. The van der Waals surface area contributed by atoms with E-state index < -0.39 is 0 Å². The summed E-state index contributed by atoms with van der Waals surface area (Å²) in [6.45, 7) is 4.70. The molecule has 0 radical (unpaired) electrons. The van der Waals surface area contributed by atoms with Gasteiger partial charge in [-0.2, -0.15) is 0 Å². The maximum atomic E-state index is 5.38. The van der Waals surface area contributed by atoms with E-state index in [0.29, 0.717) is 12.5 Å². The van der Waals surface area contributed by atoms with Crippen molar-refractivity contribution in [3.05, 3.63) is 35.9 Å². The second-order valence-corrected chi connectivity index (χ2v) is 3.23. The van der Waals surface area contributed by atoms with E-state index in [2.05, 4.69) is 18.0 Å². The molecule has 2 heteroatoms. The Morgan fingerprint density at radius 2 is 2.07 bits per heavy atom. The Bertz CT molecular complexity index is 451. The predicted octanol–water partition coefficient (Wildman–Crippen LogP) is 2.94. The van der Waals surface area contributed by atoms with E-state index in [-0.39, 0.29) is 0 Å². The lowest BCUT2D eigenvalue weighted by atomic mass is 10.1. The van der Waals surface area contributed by atoms with Crippen molar-refractivity contribution in [2.75, 3.05) is 6.61 Å². The number of nitrogens with zero attached hydrogens (tertiary/aromatic N) is 1. The van der Waals surface area contributed by atoms with Crippen LogP contribution in [0.3, 0.4) is 0 Å². The Hall–Kier alpha value is -1.57. The van der Waals surface area contributed by atoms with Crippen LogP contribution in [0.4, 0.5) is 0 Å². The second kappa shape index (κ2) is 3.66. The van der Waals surface area contributed by atoms with E-state index >= 15 is 0 Å². The average Bonchev–Trinajstić information content (AvgIpc) is 2.18. The first-order valence-electron chi connectivity index (χ1n) is 4.80. The zero-order valence-corrected chi connectivity index (χ0v) is 8.45. The van der Waals surface area contributed by atoms with Gasteiger partial charge in [0.25, 0.3) is 0 Å². The lowest BCUT2D eigenvalue weighted by Gasteiger charge is -2.06. The van der Waals surface area contributed by atoms with Gasteiger partial charge in [0.05, 0.1) is 12.1 Å². The quantitative estimate of drug-likeness (QED) is 0.721. The van der Waals surface area contributed by atoms with Gasteiger partial charge < -0.3 is 4.74 Å². The van der Waals surface area contributed by atoms with Crippen molar-refractivity contribution < 1.29 is 4.74 Å². The number of para-hydroxylation sites is 1. The highest BCUT2D eigenvalue weighted by Crippen LogP contribution is 2.20. The van der Waals surface area contributed by atoms with E-state index in [9.17, 15) is 0 Å². The molecule has 0 amide bonds. The summed E-state index contributed by atoms with van der Waals surface area (Å²) in [5.41, 5.74) is 2.20. The highest BCUT2D eigenvalue weighted by atomic mass is 16.5. The van der Waals surface area contributed by atoms with Crippen molar-refractivity contribution in [3.8, 4) is 5.88 Å². The molecule has 0 bridgehead atoms. The van der Waals surface area contributed by atoms with Gasteiger partial charge in [0.1, 0.15) is 0 Å². The van der Waals surface area contributed by atoms with Gasteiger partial charge in [-0.3, -0.25) is 0 Å². The van der Waals surface area contributed by atoms with Crippen LogP contribution in [0.1, 0.15) is 12.5 Å². The molecular weight excluding hydrogens is 174 g/mol. The fourth-order valence-electron chi connectivity index (χ4n) is 1.54. The molecule has 1 aromatic carbocycles. The molecule has 2 aromatic rings. The number of hydrogen-bond acceptors (Lipinski definition) is 2. The smallest absolute Gasteiger partial charge is 0.214 e. The van der Waals surface area contributed by atoms with Gasteiger partial charge in [0.15, 0.2) is 0 Å². The van der Waals surface area contributed by atoms with Gasteiger partial charge in [-0.15, -0.1) is 0 Å². The van der Waals surface area contributed by atoms with Gasteiger partial charge >= 0.3 is 0 Å². The van der Waals surface area contributed by atoms with Crippen molar-refractivity contribution in [1.29, 1.82) is 0 Å². The monoisotopic (exact) mass is 187 g/mol. The summed E-state index contributed by atoms with van der Waals surface area (Å²) < 4.78 is 5.38. The molecule has 72 valence electrons. The predicted molar refractivity (Wildman–Crippen MR) is 57.6 cm³/mol. The van der Waals surface area contributed by atoms with Crippen molar-refractivity contribution in [1.82, 2.24) is 4.98 Å². The summed E-state index contributed by atoms with van der Waals surface area (Å²) in [6, 6.07) is 10.1. The molecule has 2 rings (SSSR count). The van der Waals surface area contributed by atoms with Gasteiger partial charge in [-0.05, 0) is 25.5 Å². The topological polar surface area (TPSA) is 22.1 Å². The normalized spacial score (nSPS) is 10.4. The van der Waals surface area contributed by atoms with Gasteiger partial charge in [-0.1, -0.05) is 18.2 Å². The van der Waals surface area contributed by atoms with Crippen LogP contribution in [-0.4, -0.2) is 11.6 Å². The maximum Gasteiger partial charge on any atom is 0.214 e. The van der Waals surface area contributed by atoms with E-state index in [0.717, 1.165) is 5.52 Å². The number of pyridine rings is 1. The molecule has 0 saturated carbocycles. The molecule has 0 atom stereocenters. The molecule has 14 heavy (non-hydrogen) atoms. The molecule has 0 spiro atoms. The average molecular weight is 187 g/mol.